The van der Waals surface area contributed by atoms with Gasteiger partial charge in [0.15, 0.2) is 0 Å². The molecule has 2 atom stereocenters. The molecule has 1 heterocycles. The van der Waals surface area contributed by atoms with Crippen LogP contribution in [-0.4, -0.2) is 52.9 Å². The van der Waals surface area contributed by atoms with Gasteiger partial charge in [-0.3, -0.25) is 9.59 Å². The summed E-state index contributed by atoms with van der Waals surface area (Å²) < 4.78 is 5.20. The standard InChI is InChI=1S/C21H22N2O5S/c24-19(25)12-23-11-18(16-9-5-2-6-10-16)29-14-17(20(23)26)22-21(27)28-13-15-7-3-1-4-8-15/h1-10,17-18H,11-14H2,(H,22,27)(H,24,25)/t17-,18-/m0/s1. The molecular formula is C21H22N2O5S. The van der Waals surface area contributed by atoms with Crippen molar-refractivity contribution in [3.63, 3.8) is 0 Å². The molecule has 29 heavy (non-hydrogen) atoms. The van der Waals surface area contributed by atoms with Gasteiger partial charge in [-0.05, 0) is 11.1 Å². The van der Waals surface area contributed by atoms with E-state index in [9.17, 15) is 19.5 Å². The maximum atomic E-state index is 12.8. The first-order valence-electron chi connectivity index (χ1n) is 9.17. The molecule has 152 valence electrons. The van der Waals surface area contributed by atoms with E-state index in [1.54, 1.807) is 0 Å². The van der Waals surface area contributed by atoms with Gasteiger partial charge in [-0.15, -0.1) is 11.8 Å². The monoisotopic (exact) mass is 414 g/mol. The van der Waals surface area contributed by atoms with Crippen LogP contribution in [0.15, 0.2) is 60.7 Å². The molecule has 1 saturated heterocycles. The maximum Gasteiger partial charge on any atom is 0.408 e. The zero-order valence-electron chi connectivity index (χ0n) is 15.7. The molecule has 0 radical (unpaired) electrons. The van der Waals surface area contributed by atoms with Gasteiger partial charge in [0.2, 0.25) is 5.91 Å². The van der Waals surface area contributed by atoms with Gasteiger partial charge in [0.05, 0.1) is 0 Å². The largest absolute Gasteiger partial charge is 0.480 e. The molecule has 2 amide bonds. The Morgan fingerprint density at radius 3 is 2.41 bits per heavy atom. The van der Waals surface area contributed by atoms with Crippen molar-refractivity contribution in [1.82, 2.24) is 10.2 Å². The highest BCUT2D eigenvalue weighted by Gasteiger charge is 2.34. The molecule has 3 rings (SSSR count). The lowest BCUT2D eigenvalue weighted by Gasteiger charge is -2.24. The topological polar surface area (TPSA) is 95.9 Å². The molecule has 1 aliphatic heterocycles. The number of carbonyl (C=O) groups excluding carboxylic acids is 2. The summed E-state index contributed by atoms with van der Waals surface area (Å²) in [5, 5.41) is 11.7. The molecule has 0 aromatic heterocycles. The number of ether oxygens (including phenoxy) is 1. The highest BCUT2D eigenvalue weighted by molar-refractivity contribution is 7.99. The number of benzene rings is 2. The smallest absolute Gasteiger partial charge is 0.408 e. The van der Waals surface area contributed by atoms with E-state index in [4.69, 9.17) is 4.74 Å². The number of nitrogens with zero attached hydrogens (tertiary/aromatic N) is 1. The molecule has 1 aliphatic rings. The van der Waals surface area contributed by atoms with Gasteiger partial charge < -0.3 is 20.1 Å². The molecule has 0 saturated carbocycles. The van der Waals surface area contributed by atoms with Crippen LogP contribution in [-0.2, 0) is 20.9 Å². The number of carboxylic acids is 1. The van der Waals surface area contributed by atoms with Gasteiger partial charge in [0, 0.05) is 17.5 Å². The first-order valence-corrected chi connectivity index (χ1v) is 10.2. The number of alkyl carbamates (subject to hydrolysis) is 1. The molecule has 1 fully saturated rings. The van der Waals surface area contributed by atoms with Crippen LogP contribution in [0.1, 0.15) is 16.4 Å². The second-order valence-electron chi connectivity index (χ2n) is 6.60. The second-order valence-corrected chi connectivity index (χ2v) is 7.84. The van der Waals surface area contributed by atoms with E-state index in [-0.39, 0.29) is 18.4 Å². The van der Waals surface area contributed by atoms with E-state index in [2.05, 4.69) is 5.32 Å². The molecule has 8 heteroatoms. The maximum absolute atomic E-state index is 12.8. The summed E-state index contributed by atoms with van der Waals surface area (Å²) >= 11 is 1.51. The lowest BCUT2D eigenvalue weighted by molar-refractivity contribution is -0.144. The van der Waals surface area contributed by atoms with Crippen molar-refractivity contribution in [1.29, 1.82) is 0 Å². The van der Waals surface area contributed by atoms with Crippen LogP contribution in [0, 0.1) is 0 Å². The fourth-order valence-electron chi connectivity index (χ4n) is 3.03. The minimum absolute atomic E-state index is 0.0772. The van der Waals surface area contributed by atoms with Crippen LogP contribution >= 0.6 is 11.8 Å². The van der Waals surface area contributed by atoms with E-state index < -0.39 is 30.6 Å². The number of carboxylic acid groups (broad SMARTS) is 1. The van der Waals surface area contributed by atoms with Crippen molar-refractivity contribution in [3.05, 3.63) is 71.8 Å². The van der Waals surface area contributed by atoms with E-state index >= 15 is 0 Å². The van der Waals surface area contributed by atoms with Crippen molar-refractivity contribution in [2.75, 3.05) is 18.8 Å². The Hall–Kier alpha value is -3.00. The number of amides is 2. The molecule has 7 nitrogen and oxygen atoms in total. The van der Waals surface area contributed by atoms with Gasteiger partial charge in [0.1, 0.15) is 19.2 Å². The van der Waals surface area contributed by atoms with Gasteiger partial charge in [-0.25, -0.2) is 4.79 Å². The van der Waals surface area contributed by atoms with Crippen molar-refractivity contribution in [3.8, 4) is 0 Å². The average molecular weight is 414 g/mol. The summed E-state index contributed by atoms with van der Waals surface area (Å²) in [4.78, 5) is 37.6. The van der Waals surface area contributed by atoms with Gasteiger partial charge >= 0.3 is 12.1 Å². The normalized spacial score (nSPS) is 19.3. The lowest BCUT2D eigenvalue weighted by Crippen LogP contribution is -2.50. The Labute approximate surface area is 173 Å². The zero-order chi connectivity index (χ0) is 20.6. The molecule has 0 unspecified atom stereocenters. The average Bonchev–Trinajstić information content (AvgIpc) is 2.87. The van der Waals surface area contributed by atoms with Crippen molar-refractivity contribution in [2.45, 2.75) is 17.9 Å². The Morgan fingerprint density at radius 1 is 1.10 bits per heavy atom. The fourth-order valence-corrected chi connectivity index (χ4v) is 4.32. The molecule has 0 bridgehead atoms. The van der Waals surface area contributed by atoms with Crippen molar-refractivity contribution >= 4 is 29.7 Å². The van der Waals surface area contributed by atoms with Crippen LogP contribution in [0.4, 0.5) is 4.79 Å². The molecule has 2 aromatic rings. The van der Waals surface area contributed by atoms with E-state index in [0.29, 0.717) is 5.75 Å². The summed E-state index contributed by atoms with van der Waals surface area (Å²) in [6.45, 7) is -0.0662. The highest BCUT2D eigenvalue weighted by Crippen LogP contribution is 2.33. The van der Waals surface area contributed by atoms with Crippen molar-refractivity contribution < 1.29 is 24.2 Å². The number of nitrogens with one attached hydrogen (secondary N) is 1. The summed E-state index contributed by atoms with van der Waals surface area (Å²) in [6.07, 6.45) is -0.707. The minimum Gasteiger partial charge on any atom is -0.480 e. The lowest BCUT2D eigenvalue weighted by atomic mass is 10.1. The Balaban J connectivity index is 1.66. The second kappa shape index (κ2) is 9.97. The summed E-state index contributed by atoms with van der Waals surface area (Å²) in [5.74, 6) is -1.19. The predicted octanol–water partition coefficient (Wildman–Crippen LogP) is 2.68. The van der Waals surface area contributed by atoms with E-state index in [0.717, 1.165) is 11.1 Å². The number of carbonyl (C=O) groups is 3. The van der Waals surface area contributed by atoms with Gasteiger partial charge in [-0.2, -0.15) is 0 Å². The van der Waals surface area contributed by atoms with Crippen molar-refractivity contribution in [2.24, 2.45) is 0 Å². The summed E-state index contributed by atoms with van der Waals surface area (Å²) in [6, 6.07) is 18.0. The van der Waals surface area contributed by atoms with Crippen LogP contribution < -0.4 is 5.32 Å². The molecule has 0 spiro atoms. The number of aliphatic carboxylic acids is 1. The number of hydrogen-bond acceptors (Lipinski definition) is 5. The SMILES string of the molecule is O=C(O)CN1C[C@@H](c2ccccc2)SC[C@H](NC(=O)OCc2ccccc2)C1=O. The third-order valence-electron chi connectivity index (χ3n) is 4.46. The van der Waals surface area contributed by atoms with Crippen LogP contribution in [0.2, 0.25) is 0 Å². The molecule has 0 aliphatic carbocycles. The van der Waals surface area contributed by atoms with E-state index in [1.165, 1.54) is 16.7 Å². The van der Waals surface area contributed by atoms with Gasteiger partial charge in [-0.1, -0.05) is 60.7 Å². The third-order valence-corrected chi connectivity index (χ3v) is 5.81. The molecular weight excluding hydrogens is 392 g/mol. The third kappa shape index (κ3) is 5.99. The quantitative estimate of drug-likeness (QED) is 0.755. The molecule has 2 aromatic carbocycles. The van der Waals surface area contributed by atoms with Gasteiger partial charge in [0.25, 0.3) is 0 Å². The summed E-state index contributed by atoms with van der Waals surface area (Å²) in [7, 11) is 0. The predicted molar refractivity (Wildman–Crippen MR) is 109 cm³/mol. The Morgan fingerprint density at radius 2 is 1.76 bits per heavy atom. The highest BCUT2D eigenvalue weighted by atomic mass is 32.2. The Bertz CT molecular complexity index is 847. The first kappa shape index (κ1) is 20.7. The zero-order valence-corrected chi connectivity index (χ0v) is 16.5. The number of rotatable bonds is 6. The Kier molecular flexibility index (Phi) is 7.13. The first-order chi connectivity index (χ1) is 14.0. The number of hydrogen-bond donors (Lipinski definition) is 2. The van der Waals surface area contributed by atoms with E-state index in [1.807, 2.05) is 60.7 Å². The van der Waals surface area contributed by atoms with Crippen LogP contribution in [0.3, 0.4) is 0 Å². The number of thioether (sulfide) groups is 1. The summed E-state index contributed by atoms with van der Waals surface area (Å²) in [5.41, 5.74) is 1.84. The molecule has 2 N–H and O–H groups in total. The van der Waals surface area contributed by atoms with Crippen LogP contribution in [0.25, 0.3) is 0 Å². The van der Waals surface area contributed by atoms with Crippen LogP contribution in [0.5, 0.6) is 0 Å². The fraction of sp³-hybridized carbons (Fsp3) is 0.286. The minimum atomic E-state index is -1.09.